The predicted octanol–water partition coefficient (Wildman–Crippen LogP) is 4.55. The van der Waals surface area contributed by atoms with E-state index in [4.69, 9.17) is 9.47 Å². The van der Waals surface area contributed by atoms with Gasteiger partial charge in [0.25, 0.3) is 0 Å². The average Bonchev–Trinajstić information content (AvgIpc) is 2.42. The quantitative estimate of drug-likeness (QED) is 0.702. The van der Waals surface area contributed by atoms with Gasteiger partial charge in [0.2, 0.25) is 0 Å². The fourth-order valence-corrected chi connectivity index (χ4v) is 3.94. The van der Waals surface area contributed by atoms with Crippen molar-refractivity contribution in [2.24, 2.45) is 0 Å². The van der Waals surface area contributed by atoms with Crippen molar-refractivity contribution in [2.45, 2.75) is 51.8 Å². The minimum absolute atomic E-state index is 0.0258. The molecule has 0 saturated carbocycles. The number of morpholine rings is 1. The van der Waals surface area contributed by atoms with E-state index in [2.05, 4.69) is 47.1 Å². The minimum atomic E-state index is -0.488. The summed E-state index contributed by atoms with van der Waals surface area (Å²) in [5, 5.41) is 0. The first-order valence-electron chi connectivity index (χ1n) is 8.30. The third-order valence-corrected chi connectivity index (χ3v) is 4.67. The van der Waals surface area contributed by atoms with Gasteiger partial charge in [-0.25, -0.2) is 4.79 Å². The molecule has 5 heteroatoms. The number of hydrogen-bond donors (Lipinski definition) is 0. The molecule has 0 radical (unpaired) electrons. The fraction of sp³-hybridized carbons (Fsp3) is 0.526. The molecule has 0 aromatic heterocycles. The molecule has 1 amide bonds. The lowest BCUT2D eigenvalue weighted by Gasteiger charge is -2.44. The lowest BCUT2D eigenvalue weighted by Crippen LogP contribution is -2.57. The van der Waals surface area contributed by atoms with Gasteiger partial charge in [-0.1, -0.05) is 28.1 Å². The van der Waals surface area contributed by atoms with Crippen molar-refractivity contribution in [1.29, 1.82) is 0 Å². The largest absolute Gasteiger partial charge is 0.444 e. The molecule has 0 aliphatic carbocycles. The first-order valence-corrected chi connectivity index (χ1v) is 9.09. The van der Waals surface area contributed by atoms with E-state index < -0.39 is 5.60 Å². The highest BCUT2D eigenvalue weighted by Gasteiger charge is 2.40. The summed E-state index contributed by atoms with van der Waals surface area (Å²) in [6, 6.07) is 6.39. The maximum Gasteiger partial charge on any atom is 0.411 e. The average molecular weight is 394 g/mol. The summed E-state index contributed by atoms with van der Waals surface area (Å²) < 4.78 is 12.3. The molecule has 1 fully saturated rings. The van der Waals surface area contributed by atoms with Crippen LogP contribution in [0.3, 0.4) is 0 Å². The number of nitrogens with zero attached hydrogens (tertiary/aromatic N) is 1. The summed E-state index contributed by atoms with van der Waals surface area (Å²) in [5.74, 6) is 0. The van der Waals surface area contributed by atoms with E-state index in [1.165, 1.54) is 16.7 Å². The Kier molecular flexibility index (Phi) is 4.76. The van der Waals surface area contributed by atoms with Crippen LogP contribution in [-0.2, 0) is 9.47 Å². The molecule has 2 atom stereocenters. The number of carbonyl (C=O) groups excluding carboxylic acids is 1. The Morgan fingerprint density at radius 2 is 2.04 bits per heavy atom. The van der Waals surface area contributed by atoms with Crippen molar-refractivity contribution >= 4 is 27.6 Å². The summed E-state index contributed by atoms with van der Waals surface area (Å²) in [5.41, 5.74) is 3.22. The summed E-state index contributed by atoms with van der Waals surface area (Å²) >= 11 is 3.57. The number of fused-ring (bicyclic) bond motifs is 2. The van der Waals surface area contributed by atoms with E-state index in [1.807, 2.05) is 25.7 Å². The van der Waals surface area contributed by atoms with Crippen LogP contribution in [0, 0.1) is 6.92 Å². The van der Waals surface area contributed by atoms with Crippen LogP contribution in [-0.4, -0.2) is 41.9 Å². The van der Waals surface area contributed by atoms with Gasteiger partial charge in [0.05, 0.1) is 25.3 Å². The second-order valence-corrected chi connectivity index (χ2v) is 8.48. The Balaban J connectivity index is 1.88. The Bertz CT molecular complexity index is 657. The maximum atomic E-state index is 12.6. The van der Waals surface area contributed by atoms with Crippen LogP contribution in [0.4, 0.5) is 4.79 Å². The molecule has 24 heavy (non-hydrogen) atoms. The standard InChI is InChI=1S/C19H24BrNO3/c1-12-5-13(7-15(20)6-12)14-8-16-10-23-11-17(9-14)21(16)18(22)24-19(2,3)4/h5-8,16-17H,9-11H2,1-4H3. The summed E-state index contributed by atoms with van der Waals surface area (Å²) in [7, 11) is 0. The molecule has 2 bridgehead atoms. The van der Waals surface area contributed by atoms with Crippen LogP contribution < -0.4 is 0 Å². The normalized spacial score (nSPS) is 23.7. The number of halogens is 1. The number of benzene rings is 1. The van der Waals surface area contributed by atoms with Gasteiger partial charge in [-0.2, -0.15) is 0 Å². The topological polar surface area (TPSA) is 38.8 Å². The van der Waals surface area contributed by atoms with Crippen LogP contribution in [0.1, 0.15) is 38.3 Å². The van der Waals surface area contributed by atoms with Crippen molar-refractivity contribution in [3.05, 3.63) is 39.9 Å². The molecule has 2 heterocycles. The van der Waals surface area contributed by atoms with Crippen LogP contribution in [0.15, 0.2) is 28.7 Å². The molecule has 130 valence electrons. The zero-order valence-electron chi connectivity index (χ0n) is 14.6. The lowest BCUT2D eigenvalue weighted by atomic mass is 9.89. The fourth-order valence-electron chi connectivity index (χ4n) is 3.33. The lowest BCUT2D eigenvalue weighted by molar-refractivity contribution is -0.0510. The second kappa shape index (κ2) is 6.52. The van der Waals surface area contributed by atoms with Crippen molar-refractivity contribution in [3.63, 3.8) is 0 Å². The number of aryl methyl sites for hydroxylation is 1. The minimum Gasteiger partial charge on any atom is -0.444 e. The molecule has 0 N–H and O–H groups in total. The van der Waals surface area contributed by atoms with Crippen LogP contribution in [0.25, 0.3) is 5.57 Å². The van der Waals surface area contributed by atoms with E-state index in [9.17, 15) is 4.79 Å². The highest BCUT2D eigenvalue weighted by atomic mass is 79.9. The molecule has 1 saturated heterocycles. The maximum absolute atomic E-state index is 12.6. The van der Waals surface area contributed by atoms with Crippen molar-refractivity contribution in [2.75, 3.05) is 13.2 Å². The Labute approximate surface area is 151 Å². The number of ether oxygens (including phenoxy) is 2. The van der Waals surface area contributed by atoms with Crippen LogP contribution >= 0.6 is 15.9 Å². The van der Waals surface area contributed by atoms with Gasteiger partial charge in [-0.05, 0) is 62.9 Å². The zero-order valence-corrected chi connectivity index (χ0v) is 16.2. The highest BCUT2D eigenvalue weighted by molar-refractivity contribution is 9.10. The number of hydrogen-bond acceptors (Lipinski definition) is 3. The molecule has 2 aliphatic rings. The van der Waals surface area contributed by atoms with Crippen molar-refractivity contribution in [1.82, 2.24) is 4.90 Å². The van der Waals surface area contributed by atoms with Gasteiger partial charge in [0, 0.05) is 4.47 Å². The van der Waals surface area contributed by atoms with Crippen molar-refractivity contribution in [3.8, 4) is 0 Å². The first-order chi connectivity index (χ1) is 11.2. The van der Waals surface area contributed by atoms with Gasteiger partial charge < -0.3 is 9.47 Å². The molecule has 1 aromatic rings. The predicted molar refractivity (Wildman–Crippen MR) is 97.9 cm³/mol. The molecule has 3 rings (SSSR count). The van der Waals surface area contributed by atoms with E-state index in [0.717, 1.165) is 10.9 Å². The van der Waals surface area contributed by atoms with Crippen LogP contribution in [0.5, 0.6) is 0 Å². The molecule has 0 spiro atoms. The molecule has 1 aromatic carbocycles. The van der Waals surface area contributed by atoms with Crippen molar-refractivity contribution < 1.29 is 14.3 Å². The molecular weight excluding hydrogens is 370 g/mol. The summed E-state index contributed by atoms with van der Waals surface area (Å²) in [6.45, 7) is 8.85. The molecular formula is C19H24BrNO3. The zero-order chi connectivity index (χ0) is 17.5. The monoisotopic (exact) mass is 393 g/mol. The van der Waals surface area contributed by atoms with E-state index >= 15 is 0 Å². The van der Waals surface area contributed by atoms with Crippen LogP contribution in [0.2, 0.25) is 0 Å². The van der Waals surface area contributed by atoms with Gasteiger partial charge >= 0.3 is 6.09 Å². The van der Waals surface area contributed by atoms with Gasteiger partial charge in [0.1, 0.15) is 5.60 Å². The highest BCUT2D eigenvalue weighted by Crippen LogP contribution is 2.34. The number of rotatable bonds is 1. The third kappa shape index (κ3) is 3.83. The summed E-state index contributed by atoms with van der Waals surface area (Å²) in [6.07, 6.45) is 2.69. The Morgan fingerprint density at radius 3 is 2.67 bits per heavy atom. The molecule has 2 aliphatic heterocycles. The smallest absolute Gasteiger partial charge is 0.411 e. The van der Waals surface area contributed by atoms with Gasteiger partial charge in [0.15, 0.2) is 0 Å². The first kappa shape index (κ1) is 17.5. The van der Waals surface area contributed by atoms with Gasteiger partial charge in [-0.15, -0.1) is 0 Å². The molecule has 4 nitrogen and oxygen atoms in total. The third-order valence-electron chi connectivity index (χ3n) is 4.22. The number of amides is 1. The Morgan fingerprint density at radius 1 is 1.29 bits per heavy atom. The second-order valence-electron chi connectivity index (χ2n) is 7.56. The SMILES string of the molecule is Cc1cc(Br)cc(C2=CC3COCC(C2)N3C(=O)OC(C)(C)C)c1. The van der Waals surface area contributed by atoms with Gasteiger partial charge in [-0.3, -0.25) is 4.90 Å². The summed E-state index contributed by atoms with van der Waals surface area (Å²) in [4.78, 5) is 14.4. The van der Waals surface area contributed by atoms with E-state index in [-0.39, 0.29) is 18.2 Å². The molecule has 2 unspecified atom stereocenters. The number of carbonyl (C=O) groups is 1. The van der Waals surface area contributed by atoms with E-state index in [1.54, 1.807) is 0 Å². The Hall–Kier alpha value is -1.33. The van der Waals surface area contributed by atoms with E-state index in [0.29, 0.717) is 13.2 Å².